The Morgan fingerprint density at radius 2 is 2.11 bits per heavy atom. The molecule has 0 fully saturated rings. The van der Waals surface area contributed by atoms with Crippen molar-refractivity contribution in [1.82, 2.24) is 20.1 Å². The molecule has 0 aliphatic carbocycles. The highest BCUT2D eigenvalue weighted by Crippen LogP contribution is 2.20. The van der Waals surface area contributed by atoms with Gasteiger partial charge in [0.1, 0.15) is 5.82 Å². The second-order valence-electron chi connectivity index (χ2n) is 4.31. The molecule has 106 valence electrons. The summed E-state index contributed by atoms with van der Waals surface area (Å²) in [6, 6.07) is 0. The Hall–Kier alpha value is -1.57. The Labute approximate surface area is 115 Å². The molecule has 0 aliphatic heterocycles. The molecule has 0 aromatic carbocycles. The first kappa shape index (κ1) is 15.5. The van der Waals surface area contributed by atoms with Crippen LogP contribution in [0, 0.1) is 0 Å². The largest absolute Gasteiger partial charge is 0.481 e. The number of nitrogens with zero attached hydrogens (tertiary/aromatic N) is 3. The Kier molecular flexibility index (Phi) is 5.81. The van der Waals surface area contributed by atoms with Gasteiger partial charge in [-0.05, 0) is 0 Å². The molecular weight excluding hydrogens is 268 g/mol. The van der Waals surface area contributed by atoms with Crippen LogP contribution in [0.5, 0.6) is 0 Å². The first-order chi connectivity index (χ1) is 8.91. The summed E-state index contributed by atoms with van der Waals surface area (Å²) >= 11 is 1.13. The zero-order valence-electron chi connectivity index (χ0n) is 11.2. The molecule has 7 nitrogen and oxygen atoms in total. The number of hydrogen-bond donors (Lipinski definition) is 2. The van der Waals surface area contributed by atoms with Gasteiger partial charge in [-0.3, -0.25) is 9.59 Å². The number of thioether (sulfide) groups is 1. The van der Waals surface area contributed by atoms with Gasteiger partial charge in [0.15, 0.2) is 5.16 Å². The molecule has 2 N–H and O–H groups in total. The van der Waals surface area contributed by atoms with E-state index < -0.39 is 5.97 Å². The van der Waals surface area contributed by atoms with E-state index in [0.29, 0.717) is 18.2 Å². The molecule has 8 heteroatoms. The third-order valence-corrected chi connectivity index (χ3v) is 3.25. The predicted octanol–water partition coefficient (Wildman–Crippen LogP) is 0.714. The van der Waals surface area contributed by atoms with Gasteiger partial charge in [-0.25, -0.2) is 0 Å². The van der Waals surface area contributed by atoms with Gasteiger partial charge in [0.2, 0.25) is 5.91 Å². The lowest BCUT2D eigenvalue weighted by molar-refractivity contribution is -0.133. The van der Waals surface area contributed by atoms with E-state index in [2.05, 4.69) is 15.5 Å². The average Bonchev–Trinajstić information content (AvgIpc) is 2.69. The van der Waals surface area contributed by atoms with Gasteiger partial charge in [-0.2, -0.15) is 0 Å². The number of carboxylic acids is 1. The van der Waals surface area contributed by atoms with Gasteiger partial charge in [-0.15, -0.1) is 10.2 Å². The zero-order chi connectivity index (χ0) is 14.4. The van der Waals surface area contributed by atoms with Crippen LogP contribution >= 0.6 is 11.8 Å². The first-order valence-corrected chi connectivity index (χ1v) is 6.92. The van der Waals surface area contributed by atoms with E-state index in [9.17, 15) is 9.59 Å². The van der Waals surface area contributed by atoms with E-state index in [1.165, 1.54) is 6.92 Å². The molecule has 0 spiro atoms. The number of carbonyl (C=O) groups is 2. The number of carboxylic acid groups (broad SMARTS) is 1. The predicted molar refractivity (Wildman–Crippen MR) is 71.2 cm³/mol. The molecule has 1 aromatic heterocycles. The van der Waals surface area contributed by atoms with Crippen molar-refractivity contribution >= 4 is 23.6 Å². The molecule has 1 amide bonds. The molecule has 19 heavy (non-hydrogen) atoms. The van der Waals surface area contributed by atoms with Crippen LogP contribution in [0.2, 0.25) is 0 Å². The minimum Gasteiger partial charge on any atom is -0.481 e. The zero-order valence-corrected chi connectivity index (χ0v) is 12.0. The van der Waals surface area contributed by atoms with E-state index in [0.717, 1.165) is 17.6 Å². The molecule has 1 heterocycles. The minimum atomic E-state index is -0.896. The fourth-order valence-electron chi connectivity index (χ4n) is 1.51. The molecule has 0 unspecified atom stereocenters. The highest BCUT2D eigenvalue weighted by molar-refractivity contribution is 7.99. The fraction of sp³-hybridized carbons (Fsp3) is 0.636. The molecule has 0 saturated carbocycles. The third kappa shape index (κ3) is 4.90. The molecule has 0 atom stereocenters. The van der Waals surface area contributed by atoms with E-state index in [-0.39, 0.29) is 17.6 Å². The van der Waals surface area contributed by atoms with Crippen LogP contribution in [0.4, 0.5) is 0 Å². The molecule has 1 aromatic rings. The summed E-state index contributed by atoms with van der Waals surface area (Å²) in [5.74, 6) is -0.0789. The maximum absolute atomic E-state index is 10.9. The lowest BCUT2D eigenvalue weighted by Crippen LogP contribution is -2.25. The Bertz CT molecular complexity index is 459. The van der Waals surface area contributed by atoms with Crippen LogP contribution in [0.25, 0.3) is 0 Å². The topological polar surface area (TPSA) is 97.1 Å². The quantitative estimate of drug-likeness (QED) is 0.717. The summed E-state index contributed by atoms with van der Waals surface area (Å²) in [6.45, 7) is 6.43. The van der Waals surface area contributed by atoms with Crippen molar-refractivity contribution < 1.29 is 14.7 Å². The van der Waals surface area contributed by atoms with Gasteiger partial charge in [0, 0.05) is 25.9 Å². The highest BCUT2D eigenvalue weighted by atomic mass is 32.2. The van der Waals surface area contributed by atoms with Crippen LogP contribution in [-0.2, 0) is 16.1 Å². The van der Waals surface area contributed by atoms with E-state index >= 15 is 0 Å². The third-order valence-electron chi connectivity index (χ3n) is 2.30. The second kappa shape index (κ2) is 7.13. The number of nitrogens with one attached hydrogen (secondary N) is 1. The minimum absolute atomic E-state index is 0.0592. The van der Waals surface area contributed by atoms with Crippen molar-refractivity contribution in [1.29, 1.82) is 0 Å². The molecular formula is C11H18N4O3S. The van der Waals surface area contributed by atoms with E-state index in [4.69, 9.17) is 5.11 Å². The van der Waals surface area contributed by atoms with Crippen molar-refractivity contribution in [3.63, 3.8) is 0 Å². The van der Waals surface area contributed by atoms with E-state index in [1.807, 2.05) is 18.4 Å². The maximum Gasteiger partial charge on any atom is 0.313 e. The van der Waals surface area contributed by atoms with Crippen molar-refractivity contribution in [2.45, 2.75) is 38.4 Å². The Balaban J connectivity index is 2.79. The van der Waals surface area contributed by atoms with Crippen molar-refractivity contribution in [2.75, 3.05) is 12.3 Å². The molecule has 0 radical (unpaired) electrons. The van der Waals surface area contributed by atoms with Gasteiger partial charge >= 0.3 is 5.97 Å². The second-order valence-corrected chi connectivity index (χ2v) is 5.25. The normalized spacial score (nSPS) is 10.7. The Morgan fingerprint density at radius 1 is 1.42 bits per heavy atom. The van der Waals surface area contributed by atoms with Crippen LogP contribution in [-0.4, -0.2) is 44.0 Å². The lowest BCUT2D eigenvalue weighted by atomic mass is 10.2. The number of aliphatic carboxylic acids is 1. The van der Waals surface area contributed by atoms with Gasteiger partial charge < -0.3 is 15.0 Å². The van der Waals surface area contributed by atoms with Gasteiger partial charge in [0.25, 0.3) is 0 Å². The number of rotatable bonds is 7. The molecule has 0 bridgehead atoms. The van der Waals surface area contributed by atoms with Crippen LogP contribution in [0.15, 0.2) is 5.16 Å². The molecule has 0 saturated heterocycles. The number of aromatic nitrogens is 3. The van der Waals surface area contributed by atoms with Crippen molar-refractivity contribution in [3.05, 3.63) is 5.82 Å². The smallest absolute Gasteiger partial charge is 0.313 e. The SMILES string of the molecule is CC(=O)NCCn1c(SCC(=O)O)nnc1C(C)C. The summed E-state index contributed by atoms with van der Waals surface area (Å²) in [7, 11) is 0. The van der Waals surface area contributed by atoms with E-state index in [1.54, 1.807) is 0 Å². The average molecular weight is 286 g/mol. The number of carbonyl (C=O) groups excluding carboxylic acids is 1. The summed E-state index contributed by atoms with van der Waals surface area (Å²) < 4.78 is 1.86. The monoisotopic (exact) mass is 286 g/mol. The van der Waals surface area contributed by atoms with Gasteiger partial charge in [0.05, 0.1) is 5.75 Å². The summed E-state index contributed by atoms with van der Waals surface area (Å²) in [5, 5.41) is 20.0. The number of amides is 1. The van der Waals surface area contributed by atoms with Crippen molar-refractivity contribution in [2.24, 2.45) is 0 Å². The highest BCUT2D eigenvalue weighted by Gasteiger charge is 2.16. The molecule has 1 rings (SSSR count). The summed E-state index contributed by atoms with van der Waals surface area (Å²) in [5.41, 5.74) is 0. The van der Waals surface area contributed by atoms with Crippen LogP contribution < -0.4 is 5.32 Å². The van der Waals surface area contributed by atoms with Gasteiger partial charge in [-0.1, -0.05) is 25.6 Å². The lowest BCUT2D eigenvalue weighted by Gasteiger charge is -2.11. The summed E-state index contributed by atoms with van der Waals surface area (Å²) in [6.07, 6.45) is 0. The maximum atomic E-state index is 10.9. The van der Waals surface area contributed by atoms with Crippen LogP contribution in [0.1, 0.15) is 32.5 Å². The standard InChI is InChI=1S/C11H18N4O3S/c1-7(2)10-13-14-11(19-6-9(17)18)15(10)5-4-12-8(3)16/h7H,4-6H2,1-3H3,(H,12,16)(H,17,18). The summed E-state index contributed by atoms with van der Waals surface area (Å²) in [4.78, 5) is 21.4. The fourth-order valence-corrected chi connectivity index (χ4v) is 2.21. The molecule has 0 aliphatic rings. The van der Waals surface area contributed by atoms with Crippen molar-refractivity contribution in [3.8, 4) is 0 Å². The Morgan fingerprint density at radius 3 is 2.63 bits per heavy atom. The number of hydrogen-bond acceptors (Lipinski definition) is 5. The first-order valence-electron chi connectivity index (χ1n) is 5.94. The van der Waals surface area contributed by atoms with Crippen LogP contribution in [0.3, 0.4) is 0 Å².